The maximum atomic E-state index is 5.93. The summed E-state index contributed by atoms with van der Waals surface area (Å²) < 4.78 is 11.3. The first-order valence-electron chi connectivity index (χ1n) is 8.14. The Morgan fingerprint density at radius 2 is 2.32 bits per heavy atom. The average Bonchev–Trinajstić information content (AvgIpc) is 3.25. The van der Waals surface area contributed by atoms with E-state index >= 15 is 0 Å². The van der Waals surface area contributed by atoms with E-state index in [2.05, 4.69) is 15.3 Å². The lowest BCUT2D eigenvalue weighted by molar-refractivity contribution is 0.0822. The second-order valence-corrected chi connectivity index (χ2v) is 7.07. The maximum absolute atomic E-state index is 5.93. The average molecular weight is 381 g/mol. The Balaban J connectivity index is 0.000000219. The molecule has 0 radical (unpaired) electrons. The number of nitrogens with zero attached hydrogens (tertiary/aromatic N) is 2. The first-order valence-corrected chi connectivity index (χ1v) is 9.40. The topological polar surface area (TPSA) is 86.2 Å². The number of nitrogens with one attached hydrogen (secondary N) is 1. The minimum Gasteiger partial charge on any atom is -0.467 e. The van der Waals surface area contributed by atoms with Gasteiger partial charge in [-0.3, -0.25) is 0 Å². The van der Waals surface area contributed by atoms with Crippen molar-refractivity contribution in [2.24, 2.45) is 5.73 Å². The number of rotatable bonds is 3. The standard InChI is InChI=1S/C12H10ClN3OS.C5H11NO/c1-7-6-18-10-9(7)15-12(13)16-11(10)14-5-8-3-2-4-17-8;6-5-2-1-3-7-4-5/h2-4,6H,5H2,1H3,(H,14,15,16);5H,1-4,6H2. The summed E-state index contributed by atoms with van der Waals surface area (Å²) in [7, 11) is 0. The van der Waals surface area contributed by atoms with Crippen LogP contribution in [0.5, 0.6) is 0 Å². The van der Waals surface area contributed by atoms with Crippen molar-refractivity contribution in [1.29, 1.82) is 0 Å². The van der Waals surface area contributed by atoms with E-state index in [0.29, 0.717) is 12.6 Å². The molecule has 8 heteroatoms. The predicted molar refractivity (Wildman–Crippen MR) is 101 cm³/mol. The smallest absolute Gasteiger partial charge is 0.224 e. The van der Waals surface area contributed by atoms with E-state index in [4.69, 9.17) is 26.5 Å². The van der Waals surface area contributed by atoms with E-state index in [9.17, 15) is 0 Å². The van der Waals surface area contributed by atoms with Gasteiger partial charge in [-0.15, -0.1) is 11.3 Å². The number of hydrogen-bond acceptors (Lipinski definition) is 7. The number of fused-ring (bicyclic) bond motifs is 1. The number of aryl methyl sites for hydroxylation is 1. The van der Waals surface area contributed by atoms with Gasteiger partial charge in [-0.2, -0.15) is 4.98 Å². The molecule has 134 valence electrons. The molecule has 0 amide bonds. The van der Waals surface area contributed by atoms with Crippen LogP contribution in [0, 0.1) is 6.92 Å². The summed E-state index contributed by atoms with van der Waals surface area (Å²) in [5, 5.41) is 5.53. The molecule has 0 spiro atoms. The summed E-state index contributed by atoms with van der Waals surface area (Å²) in [5.41, 5.74) is 7.53. The molecule has 0 saturated carbocycles. The minimum absolute atomic E-state index is 0.256. The van der Waals surface area contributed by atoms with Crippen LogP contribution in [0.15, 0.2) is 28.2 Å². The Hall–Kier alpha value is -1.67. The fraction of sp³-hybridized carbons (Fsp3) is 0.412. The molecule has 1 fully saturated rings. The molecule has 0 aromatic carbocycles. The molecule has 0 bridgehead atoms. The van der Waals surface area contributed by atoms with Gasteiger partial charge in [0, 0.05) is 12.6 Å². The van der Waals surface area contributed by atoms with E-state index < -0.39 is 0 Å². The Morgan fingerprint density at radius 1 is 1.44 bits per heavy atom. The van der Waals surface area contributed by atoms with Crippen LogP contribution < -0.4 is 11.1 Å². The molecular formula is C17H21ClN4O2S. The van der Waals surface area contributed by atoms with Crippen LogP contribution in [0.1, 0.15) is 24.2 Å². The summed E-state index contributed by atoms with van der Waals surface area (Å²) in [4.78, 5) is 8.47. The SMILES string of the molecule is Cc1csc2c(NCc3ccco3)nc(Cl)nc12.NC1CCCOC1. The largest absolute Gasteiger partial charge is 0.467 e. The molecule has 1 aliphatic rings. The fourth-order valence-electron chi connectivity index (χ4n) is 2.47. The molecule has 1 unspecified atom stereocenters. The van der Waals surface area contributed by atoms with Crippen molar-refractivity contribution >= 4 is 39.0 Å². The van der Waals surface area contributed by atoms with E-state index in [-0.39, 0.29) is 5.28 Å². The number of ether oxygens (including phenoxy) is 1. The van der Waals surface area contributed by atoms with Gasteiger partial charge in [-0.25, -0.2) is 4.98 Å². The molecule has 6 nitrogen and oxygen atoms in total. The predicted octanol–water partition coefficient (Wildman–Crippen LogP) is 3.98. The summed E-state index contributed by atoms with van der Waals surface area (Å²) in [6, 6.07) is 4.08. The number of nitrogens with two attached hydrogens (primary N) is 1. The first kappa shape index (κ1) is 18.1. The van der Waals surface area contributed by atoms with Gasteiger partial charge in [0.1, 0.15) is 11.6 Å². The molecule has 1 saturated heterocycles. The molecule has 3 aromatic rings. The van der Waals surface area contributed by atoms with Crippen LogP contribution in [-0.2, 0) is 11.3 Å². The summed E-state index contributed by atoms with van der Waals surface area (Å²) in [5.74, 6) is 1.60. The number of furan rings is 1. The monoisotopic (exact) mass is 380 g/mol. The van der Waals surface area contributed by atoms with E-state index in [1.807, 2.05) is 24.4 Å². The summed E-state index contributed by atoms with van der Waals surface area (Å²) in [6.45, 7) is 4.26. The molecule has 25 heavy (non-hydrogen) atoms. The molecule has 3 N–H and O–H groups in total. The van der Waals surface area contributed by atoms with Crippen LogP contribution in [0.2, 0.25) is 5.28 Å². The highest BCUT2D eigenvalue weighted by atomic mass is 35.5. The zero-order valence-corrected chi connectivity index (χ0v) is 15.6. The molecule has 0 aliphatic carbocycles. The van der Waals surface area contributed by atoms with Crippen molar-refractivity contribution in [3.63, 3.8) is 0 Å². The van der Waals surface area contributed by atoms with Crippen LogP contribution >= 0.6 is 22.9 Å². The zero-order chi connectivity index (χ0) is 17.6. The number of halogens is 1. The first-order chi connectivity index (χ1) is 12.1. The van der Waals surface area contributed by atoms with Crippen LogP contribution in [-0.4, -0.2) is 29.2 Å². The normalized spacial score (nSPS) is 17.2. The third-order valence-corrected chi connectivity index (χ3v) is 5.03. The van der Waals surface area contributed by atoms with Crippen molar-refractivity contribution in [3.05, 3.63) is 40.4 Å². The number of hydrogen-bond donors (Lipinski definition) is 2. The van der Waals surface area contributed by atoms with E-state index in [1.54, 1.807) is 17.6 Å². The third kappa shape index (κ3) is 4.92. The molecule has 1 atom stereocenters. The second kappa shape index (κ2) is 8.62. The Kier molecular flexibility index (Phi) is 6.25. The van der Waals surface area contributed by atoms with Crippen molar-refractivity contribution in [2.75, 3.05) is 18.5 Å². The fourth-order valence-corrected chi connectivity index (χ4v) is 3.60. The third-order valence-electron chi connectivity index (χ3n) is 3.77. The van der Waals surface area contributed by atoms with Crippen LogP contribution in [0.25, 0.3) is 10.2 Å². The van der Waals surface area contributed by atoms with Crippen molar-refractivity contribution < 1.29 is 9.15 Å². The van der Waals surface area contributed by atoms with Crippen molar-refractivity contribution in [3.8, 4) is 0 Å². The quantitative estimate of drug-likeness (QED) is 0.668. The number of aromatic nitrogens is 2. The van der Waals surface area contributed by atoms with Gasteiger partial charge in [0.05, 0.1) is 29.6 Å². The van der Waals surface area contributed by atoms with Crippen LogP contribution in [0.4, 0.5) is 5.82 Å². The molecular weight excluding hydrogens is 360 g/mol. The highest BCUT2D eigenvalue weighted by Gasteiger charge is 2.11. The van der Waals surface area contributed by atoms with Gasteiger partial charge in [-0.05, 0) is 54.4 Å². The molecule has 1 aliphatic heterocycles. The Bertz CT molecular complexity index is 800. The lowest BCUT2D eigenvalue weighted by Gasteiger charge is -2.16. The number of thiophene rings is 1. The summed E-state index contributed by atoms with van der Waals surface area (Å²) >= 11 is 7.54. The molecule has 4 rings (SSSR count). The van der Waals surface area contributed by atoms with Crippen molar-refractivity contribution in [1.82, 2.24) is 9.97 Å². The minimum atomic E-state index is 0.256. The molecule has 4 heterocycles. The van der Waals surface area contributed by atoms with E-state index in [0.717, 1.165) is 53.4 Å². The van der Waals surface area contributed by atoms with Crippen molar-refractivity contribution in [2.45, 2.75) is 32.4 Å². The maximum Gasteiger partial charge on any atom is 0.224 e. The Labute approximate surface area is 155 Å². The van der Waals surface area contributed by atoms with Gasteiger partial charge in [-0.1, -0.05) is 0 Å². The summed E-state index contributed by atoms with van der Waals surface area (Å²) in [6.07, 6.45) is 3.93. The zero-order valence-electron chi connectivity index (χ0n) is 14.0. The molecule has 3 aromatic heterocycles. The second-order valence-electron chi connectivity index (χ2n) is 5.85. The lowest BCUT2D eigenvalue weighted by Crippen LogP contribution is -2.30. The van der Waals surface area contributed by atoms with Gasteiger partial charge in [0.15, 0.2) is 0 Å². The highest BCUT2D eigenvalue weighted by molar-refractivity contribution is 7.18. The number of anilines is 1. The highest BCUT2D eigenvalue weighted by Crippen LogP contribution is 2.30. The van der Waals surface area contributed by atoms with Crippen LogP contribution in [0.3, 0.4) is 0 Å². The Morgan fingerprint density at radius 3 is 2.96 bits per heavy atom. The van der Waals surface area contributed by atoms with Gasteiger partial charge in [0.25, 0.3) is 0 Å². The van der Waals surface area contributed by atoms with E-state index in [1.165, 1.54) is 0 Å². The van der Waals surface area contributed by atoms with Gasteiger partial charge >= 0.3 is 0 Å². The lowest BCUT2D eigenvalue weighted by atomic mass is 10.1. The van der Waals surface area contributed by atoms with Gasteiger partial charge < -0.3 is 20.2 Å². The van der Waals surface area contributed by atoms with Gasteiger partial charge in [0.2, 0.25) is 5.28 Å².